The van der Waals surface area contributed by atoms with Gasteiger partial charge >= 0.3 is 57.4 Å². The van der Waals surface area contributed by atoms with E-state index in [0.29, 0.717) is 0 Å². The summed E-state index contributed by atoms with van der Waals surface area (Å²) >= 11 is 0. The number of esters is 1. The van der Waals surface area contributed by atoms with Crippen LogP contribution in [0.3, 0.4) is 0 Å². The van der Waals surface area contributed by atoms with Crippen LogP contribution in [-0.4, -0.2) is 40.3 Å². The molecule has 7 nitrogen and oxygen atoms in total. The summed E-state index contributed by atoms with van der Waals surface area (Å²) in [7, 11) is -0.862. The van der Waals surface area contributed by atoms with Gasteiger partial charge in [0.1, 0.15) is 22.0 Å². The Hall–Kier alpha value is -0.164. The van der Waals surface area contributed by atoms with Crippen LogP contribution in [0.15, 0.2) is 17.0 Å². The molecule has 19 heavy (non-hydrogen) atoms. The van der Waals surface area contributed by atoms with Crippen molar-refractivity contribution >= 4 is 16.1 Å². The van der Waals surface area contributed by atoms with Crippen molar-refractivity contribution < 1.29 is 83.4 Å². The van der Waals surface area contributed by atoms with Crippen LogP contribution in [0.4, 0.5) is 0 Å². The maximum atomic E-state index is 11.5. The van der Waals surface area contributed by atoms with Crippen LogP contribution in [0.2, 0.25) is 0 Å². The van der Waals surface area contributed by atoms with Crippen LogP contribution >= 0.6 is 0 Å². The van der Waals surface area contributed by atoms with Gasteiger partial charge in [-0.2, -0.15) is 8.42 Å². The minimum Gasteiger partial charge on any atom is -0.496 e. The second-order valence-electron chi connectivity index (χ2n) is 3.17. The van der Waals surface area contributed by atoms with Crippen LogP contribution in [0.1, 0.15) is 10.4 Å². The Morgan fingerprint density at radius 3 is 2.00 bits per heavy atom. The van der Waals surface area contributed by atoms with E-state index in [1.807, 2.05) is 0 Å². The first kappa shape index (κ1) is 18.8. The fourth-order valence-electron chi connectivity index (χ4n) is 1.34. The predicted molar refractivity (Wildman–Crippen MR) is 60.7 cm³/mol. The molecule has 0 radical (unpaired) electrons. The zero-order chi connectivity index (χ0) is 13.9. The Morgan fingerprint density at radius 1 is 1.11 bits per heavy atom. The molecule has 0 saturated heterocycles. The van der Waals surface area contributed by atoms with Gasteiger partial charge < -0.3 is 14.2 Å². The van der Waals surface area contributed by atoms with E-state index in [0.717, 1.165) is 13.2 Å². The summed E-state index contributed by atoms with van der Waals surface area (Å²) in [6.07, 6.45) is 0. The van der Waals surface area contributed by atoms with Crippen molar-refractivity contribution in [2.45, 2.75) is 4.90 Å². The van der Waals surface area contributed by atoms with Crippen LogP contribution in [0, 0.1) is 0 Å². The first-order chi connectivity index (χ1) is 8.35. The van der Waals surface area contributed by atoms with Crippen LogP contribution in [-0.2, 0) is 14.9 Å². The van der Waals surface area contributed by atoms with Crippen LogP contribution in [0.5, 0.6) is 11.5 Å². The quantitative estimate of drug-likeness (QED) is 0.380. The molecule has 100 valence electrons. The SMILES string of the molecule is COC(=O)c1cc(S(=O)(=O)O)c(OC)cc1OC.[K+]. The van der Waals surface area contributed by atoms with Gasteiger partial charge in [0, 0.05) is 6.07 Å². The van der Waals surface area contributed by atoms with Crippen molar-refractivity contribution in [2.24, 2.45) is 0 Å². The molecule has 0 aliphatic carbocycles. The Kier molecular flexibility index (Phi) is 7.51. The number of methoxy groups -OCH3 is 3. The predicted octanol–water partition coefficient (Wildman–Crippen LogP) is -2.26. The third-order valence-electron chi connectivity index (χ3n) is 2.17. The maximum Gasteiger partial charge on any atom is 1.00 e. The first-order valence-corrected chi connectivity index (χ1v) is 6.11. The smallest absolute Gasteiger partial charge is 0.496 e. The molecule has 0 unspecified atom stereocenters. The Balaban J connectivity index is 0.00000324. The molecular weight excluding hydrogens is 303 g/mol. The van der Waals surface area contributed by atoms with E-state index >= 15 is 0 Å². The van der Waals surface area contributed by atoms with Crippen molar-refractivity contribution in [1.29, 1.82) is 0 Å². The Morgan fingerprint density at radius 2 is 1.63 bits per heavy atom. The normalized spacial score (nSPS) is 10.3. The zero-order valence-corrected chi connectivity index (χ0v) is 14.9. The average molecular weight is 315 g/mol. The monoisotopic (exact) mass is 315 g/mol. The van der Waals surface area contributed by atoms with E-state index in [-0.39, 0.29) is 68.4 Å². The summed E-state index contributed by atoms with van der Waals surface area (Å²) in [6, 6.07) is 2.11. The number of hydrogen-bond donors (Lipinski definition) is 1. The van der Waals surface area contributed by atoms with Crippen molar-refractivity contribution in [3.8, 4) is 11.5 Å². The molecule has 0 atom stereocenters. The Bertz CT molecular complexity index is 567. The van der Waals surface area contributed by atoms with Crippen LogP contribution < -0.4 is 60.9 Å². The molecule has 1 aromatic carbocycles. The number of carbonyl (C=O) groups is 1. The van der Waals surface area contributed by atoms with Gasteiger partial charge in [0.25, 0.3) is 10.1 Å². The number of ether oxygens (including phenoxy) is 3. The second-order valence-corrected chi connectivity index (χ2v) is 4.56. The summed E-state index contributed by atoms with van der Waals surface area (Å²) in [6.45, 7) is 0. The third-order valence-corrected chi connectivity index (χ3v) is 3.04. The van der Waals surface area contributed by atoms with Gasteiger partial charge in [-0.15, -0.1) is 0 Å². The Labute approximate surface area is 153 Å². The number of rotatable bonds is 4. The summed E-state index contributed by atoms with van der Waals surface area (Å²) < 4.78 is 45.6. The molecule has 0 spiro atoms. The van der Waals surface area contributed by atoms with Gasteiger partial charge in [-0.3, -0.25) is 4.55 Å². The molecule has 0 bridgehead atoms. The van der Waals surface area contributed by atoms with E-state index in [9.17, 15) is 13.2 Å². The second kappa shape index (κ2) is 7.57. The fraction of sp³-hybridized carbons (Fsp3) is 0.300. The fourth-order valence-corrected chi connectivity index (χ4v) is 2.00. The summed E-state index contributed by atoms with van der Waals surface area (Å²) in [5.41, 5.74) is -0.131. The first-order valence-electron chi connectivity index (χ1n) is 4.67. The van der Waals surface area contributed by atoms with Gasteiger partial charge in [0.15, 0.2) is 0 Å². The maximum absolute atomic E-state index is 11.5. The zero-order valence-electron chi connectivity index (χ0n) is 11.0. The molecule has 0 amide bonds. The van der Waals surface area contributed by atoms with Crippen molar-refractivity contribution in [1.82, 2.24) is 0 Å². The molecule has 0 aliphatic heterocycles. The van der Waals surface area contributed by atoms with E-state index in [4.69, 9.17) is 14.0 Å². The van der Waals surface area contributed by atoms with Gasteiger partial charge in [-0.25, -0.2) is 4.79 Å². The van der Waals surface area contributed by atoms with Crippen molar-refractivity contribution in [2.75, 3.05) is 21.3 Å². The van der Waals surface area contributed by atoms with Gasteiger partial charge in [-0.1, -0.05) is 0 Å². The van der Waals surface area contributed by atoms with Crippen LogP contribution in [0.25, 0.3) is 0 Å². The minimum atomic E-state index is -4.52. The average Bonchev–Trinajstić information content (AvgIpc) is 2.34. The minimum absolute atomic E-state index is 0. The summed E-state index contributed by atoms with van der Waals surface area (Å²) in [5.74, 6) is -0.854. The van der Waals surface area contributed by atoms with E-state index in [1.165, 1.54) is 20.3 Å². The number of carbonyl (C=O) groups excluding carboxylic acids is 1. The molecule has 0 aromatic heterocycles. The van der Waals surface area contributed by atoms with E-state index < -0.39 is 21.0 Å². The summed E-state index contributed by atoms with van der Waals surface area (Å²) in [4.78, 5) is 10.9. The van der Waals surface area contributed by atoms with E-state index in [1.54, 1.807) is 0 Å². The van der Waals surface area contributed by atoms with Gasteiger partial charge in [-0.05, 0) is 6.07 Å². The molecule has 0 fully saturated rings. The molecule has 0 saturated carbocycles. The largest absolute Gasteiger partial charge is 1.00 e. The van der Waals surface area contributed by atoms with E-state index in [2.05, 4.69) is 4.74 Å². The molecule has 1 N–H and O–H groups in total. The molecule has 1 aromatic rings. The molecular formula is C10H12KO7S+. The van der Waals surface area contributed by atoms with Crippen molar-refractivity contribution in [3.05, 3.63) is 17.7 Å². The molecule has 0 heterocycles. The summed E-state index contributed by atoms with van der Waals surface area (Å²) in [5, 5.41) is 0. The molecule has 1 rings (SSSR count). The number of hydrogen-bond acceptors (Lipinski definition) is 6. The van der Waals surface area contributed by atoms with Gasteiger partial charge in [0.05, 0.1) is 21.3 Å². The van der Waals surface area contributed by atoms with Crippen molar-refractivity contribution in [3.63, 3.8) is 0 Å². The molecule has 9 heteroatoms. The standard InChI is InChI=1S/C10H12O7S.K/c1-15-7-5-8(16-2)9(18(12,13)14)4-6(7)10(11)17-3;/h4-5H,1-3H3,(H,12,13,14);/q;+1. The number of benzene rings is 1. The van der Waals surface area contributed by atoms with Gasteiger partial charge in [0.2, 0.25) is 0 Å². The third kappa shape index (κ3) is 4.41. The topological polar surface area (TPSA) is 99.1 Å². The molecule has 0 aliphatic rings.